The number of piperidine rings is 1. The summed E-state index contributed by atoms with van der Waals surface area (Å²) in [5.41, 5.74) is 7.94. The van der Waals surface area contributed by atoms with Gasteiger partial charge in [-0.15, -0.1) is 0 Å². The van der Waals surface area contributed by atoms with Gasteiger partial charge in [-0.25, -0.2) is 9.97 Å². The monoisotopic (exact) mass is 337 g/mol. The number of nitrogens with two attached hydrogens (primary N) is 1. The van der Waals surface area contributed by atoms with Gasteiger partial charge in [0.2, 0.25) is 0 Å². The van der Waals surface area contributed by atoms with Crippen molar-refractivity contribution in [2.75, 3.05) is 18.4 Å². The Balaban J connectivity index is 1.80. The zero-order chi connectivity index (χ0) is 17.2. The highest BCUT2D eigenvalue weighted by Crippen LogP contribution is 2.23. The van der Waals surface area contributed by atoms with Crippen LogP contribution in [-0.4, -0.2) is 44.4 Å². The van der Waals surface area contributed by atoms with Gasteiger partial charge in [0.05, 0.1) is 5.69 Å². The van der Waals surface area contributed by atoms with Crippen molar-refractivity contribution in [3.63, 3.8) is 0 Å². The number of fused-ring (bicyclic) bond motifs is 1. The molecule has 0 bridgehead atoms. The molecule has 0 aliphatic carbocycles. The lowest BCUT2D eigenvalue weighted by Crippen LogP contribution is -2.35. The number of hydrogen-bond donors (Lipinski definition) is 3. The predicted octanol–water partition coefficient (Wildman–Crippen LogP) is 1.05. The molecule has 0 radical (unpaired) electrons. The molecule has 1 saturated heterocycles. The van der Waals surface area contributed by atoms with Gasteiger partial charge in [0.1, 0.15) is 5.69 Å². The van der Waals surface area contributed by atoms with Crippen LogP contribution in [0.3, 0.4) is 0 Å². The van der Waals surface area contributed by atoms with Crippen LogP contribution in [0.25, 0.3) is 16.9 Å². The summed E-state index contributed by atoms with van der Waals surface area (Å²) >= 11 is 0. The van der Waals surface area contributed by atoms with E-state index in [1.54, 1.807) is 23.0 Å². The van der Waals surface area contributed by atoms with Crippen LogP contribution >= 0.6 is 0 Å². The minimum atomic E-state index is -0.554. The molecule has 3 aromatic heterocycles. The third kappa shape index (κ3) is 3.16. The first kappa shape index (κ1) is 15.5. The van der Waals surface area contributed by atoms with E-state index in [-0.39, 0.29) is 5.69 Å². The molecular formula is C17H19N7O. The van der Waals surface area contributed by atoms with Crippen LogP contribution in [0.2, 0.25) is 0 Å². The summed E-state index contributed by atoms with van der Waals surface area (Å²) in [4.78, 5) is 24.7. The molecule has 0 atom stereocenters. The summed E-state index contributed by atoms with van der Waals surface area (Å²) in [6.07, 6.45) is 8.95. The van der Waals surface area contributed by atoms with Crippen LogP contribution in [0.1, 0.15) is 23.3 Å². The molecule has 1 aliphatic heterocycles. The van der Waals surface area contributed by atoms with Crippen molar-refractivity contribution in [3.8, 4) is 11.3 Å². The van der Waals surface area contributed by atoms with Crippen molar-refractivity contribution in [3.05, 3.63) is 42.6 Å². The van der Waals surface area contributed by atoms with E-state index in [4.69, 9.17) is 10.7 Å². The summed E-state index contributed by atoms with van der Waals surface area (Å²) in [7, 11) is 0. The number of carbonyl (C=O) groups excluding carboxylic acids is 1. The van der Waals surface area contributed by atoms with E-state index in [9.17, 15) is 4.79 Å². The van der Waals surface area contributed by atoms with Crippen molar-refractivity contribution in [2.24, 2.45) is 5.73 Å². The maximum atomic E-state index is 11.5. The number of anilines is 1. The Kier molecular flexibility index (Phi) is 4.02. The molecule has 8 nitrogen and oxygen atoms in total. The van der Waals surface area contributed by atoms with Gasteiger partial charge in [0.25, 0.3) is 5.91 Å². The van der Waals surface area contributed by atoms with Crippen molar-refractivity contribution in [1.29, 1.82) is 0 Å². The molecule has 4 heterocycles. The van der Waals surface area contributed by atoms with E-state index in [1.807, 2.05) is 18.3 Å². The van der Waals surface area contributed by atoms with Gasteiger partial charge in [-0.1, -0.05) is 0 Å². The molecule has 0 spiro atoms. The molecule has 1 aliphatic rings. The normalized spacial score (nSPS) is 15.4. The number of carbonyl (C=O) groups is 1. The fourth-order valence-electron chi connectivity index (χ4n) is 3.04. The molecule has 4 N–H and O–H groups in total. The van der Waals surface area contributed by atoms with Crippen LogP contribution < -0.4 is 16.4 Å². The molecule has 8 heteroatoms. The Morgan fingerprint density at radius 3 is 2.68 bits per heavy atom. The quantitative estimate of drug-likeness (QED) is 0.656. The minimum Gasteiger partial charge on any atom is -0.364 e. The maximum absolute atomic E-state index is 11.5. The Bertz CT molecular complexity index is 900. The zero-order valence-corrected chi connectivity index (χ0v) is 13.6. The first-order valence-electron chi connectivity index (χ1n) is 8.28. The van der Waals surface area contributed by atoms with Crippen LogP contribution in [0, 0.1) is 0 Å². The Morgan fingerprint density at radius 1 is 1.20 bits per heavy atom. The van der Waals surface area contributed by atoms with Gasteiger partial charge in [0.15, 0.2) is 11.5 Å². The molecule has 128 valence electrons. The number of primary amides is 1. The molecule has 1 amide bonds. The molecule has 0 aromatic carbocycles. The number of pyridine rings is 1. The van der Waals surface area contributed by atoms with Gasteiger partial charge < -0.3 is 20.8 Å². The Hall–Kier alpha value is -3.00. The van der Waals surface area contributed by atoms with Gasteiger partial charge >= 0.3 is 0 Å². The number of amides is 1. The Labute approximate surface area is 144 Å². The van der Waals surface area contributed by atoms with Gasteiger partial charge in [-0.2, -0.15) is 0 Å². The average Bonchev–Trinajstić information content (AvgIpc) is 3.08. The third-order valence-corrected chi connectivity index (χ3v) is 4.35. The maximum Gasteiger partial charge on any atom is 0.268 e. The minimum absolute atomic E-state index is 0.224. The summed E-state index contributed by atoms with van der Waals surface area (Å²) in [5.74, 6) is 0.107. The van der Waals surface area contributed by atoms with Gasteiger partial charge in [-0.3, -0.25) is 9.78 Å². The van der Waals surface area contributed by atoms with Crippen molar-refractivity contribution >= 4 is 17.4 Å². The summed E-state index contributed by atoms with van der Waals surface area (Å²) in [6.45, 7) is 1.94. The van der Waals surface area contributed by atoms with E-state index in [1.165, 1.54) is 0 Å². The van der Waals surface area contributed by atoms with Gasteiger partial charge in [-0.05, 0) is 38.1 Å². The highest BCUT2D eigenvalue weighted by molar-refractivity contribution is 5.92. The van der Waals surface area contributed by atoms with Crippen LogP contribution in [0.15, 0.2) is 36.9 Å². The molecular weight excluding hydrogens is 318 g/mol. The number of nitrogens with zero attached hydrogens (tertiary/aromatic N) is 4. The lowest BCUT2D eigenvalue weighted by atomic mass is 10.1. The smallest absolute Gasteiger partial charge is 0.268 e. The van der Waals surface area contributed by atoms with Crippen molar-refractivity contribution in [2.45, 2.75) is 18.9 Å². The highest BCUT2D eigenvalue weighted by Gasteiger charge is 2.18. The topological polar surface area (TPSA) is 110 Å². The number of rotatable bonds is 4. The number of aromatic nitrogens is 4. The van der Waals surface area contributed by atoms with Crippen LogP contribution in [0.4, 0.5) is 5.82 Å². The van der Waals surface area contributed by atoms with E-state index >= 15 is 0 Å². The lowest BCUT2D eigenvalue weighted by Gasteiger charge is -2.24. The van der Waals surface area contributed by atoms with E-state index in [0.29, 0.717) is 17.5 Å². The van der Waals surface area contributed by atoms with Gasteiger partial charge in [0, 0.05) is 36.4 Å². The molecule has 25 heavy (non-hydrogen) atoms. The Morgan fingerprint density at radius 2 is 1.96 bits per heavy atom. The average molecular weight is 337 g/mol. The second kappa shape index (κ2) is 6.48. The summed E-state index contributed by atoms with van der Waals surface area (Å²) < 4.78 is 1.80. The lowest BCUT2D eigenvalue weighted by molar-refractivity contribution is 0.0996. The van der Waals surface area contributed by atoms with E-state index < -0.39 is 5.91 Å². The standard InChI is InChI=1S/C17H19N7O/c18-15(25)14-10-24-9-13(11-1-5-19-6-2-11)22-16(17(24)23-14)21-12-3-7-20-8-4-12/h1-2,5-6,9-10,12,20H,3-4,7-8H2,(H2,18,25)(H,21,22). The molecule has 3 aromatic rings. The number of hydrogen-bond acceptors (Lipinski definition) is 6. The zero-order valence-electron chi connectivity index (χ0n) is 13.6. The first-order chi connectivity index (χ1) is 12.2. The van der Waals surface area contributed by atoms with Crippen LogP contribution in [0.5, 0.6) is 0 Å². The first-order valence-corrected chi connectivity index (χ1v) is 8.28. The third-order valence-electron chi connectivity index (χ3n) is 4.35. The number of imidazole rings is 1. The SMILES string of the molecule is NC(=O)c1cn2cc(-c3ccncc3)nc(NC3CCNCC3)c2n1. The predicted molar refractivity (Wildman–Crippen MR) is 94.3 cm³/mol. The molecule has 0 saturated carbocycles. The molecule has 0 unspecified atom stereocenters. The van der Waals surface area contributed by atoms with Crippen LogP contribution in [-0.2, 0) is 0 Å². The van der Waals surface area contributed by atoms with Crippen molar-refractivity contribution in [1.82, 2.24) is 24.7 Å². The number of nitrogens with one attached hydrogen (secondary N) is 2. The molecule has 1 fully saturated rings. The summed E-state index contributed by atoms with van der Waals surface area (Å²) in [6, 6.07) is 4.11. The van der Waals surface area contributed by atoms with E-state index in [2.05, 4.69) is 20.6 Å². The second-order valence-corrected chi connectivity index (χ2v) is 6.10. The summed E-state index contributed by atoms with van der Waals surface area (Å²) in [5, 5.41) is 6.83. The van der Waals surface area contributed by atoms with E-state index in [0.717, 1.165) is 37.2 Å². The largest absolute Gasteiger partial charge is 0.364 e. The van der Waals surface area contributed by atoms with Crippen molar-refractivity contribution < 1.29 is 4.79 Å². The fraction of sp³-hybridized carbons (Fsp3) is 0.294. The molecule has 4 rings (SSSR count). The fourth-order valence-corrected chi connectivity index (χ4v) is 3.04. The second-order valence-electron chi connectivity index (χ2n) is 6.10. The highest BCUT2D eigenvalue weighted by atomic mass is 16.1.